The molecule has 0 saturated heterocycles. The largest absolute Gasteiger partial charge is 0.493 e. The number of hydrogen-bond donors (Lipinski definition) is 2. The van der Waals surface area contributed by atoms with Crippen molar-refractivity contribution in [2.24, 2.45) is 5.73 Å². The number of nitrogens with one attached hydrogen (secondary N) is 1. The van der Waals surface area contributed by atoms with Crippen molar-refractivity contribution in [3.63, 3.8) is 0 Å². The number of nitrogens with two attached hydrogens (primary N) is 1. The number of benzene rings is 2. The van der Waals surface area contributed by atoms with Crippen LogP contribution in [0, 0.1) is 0 Å². The van der Waals surface area contributed by atoms with E-state index >= 15 is 0 Å². The maximum Gasteiger partial charge on any atom is 0.387 e. The van der Waals surface area contributed by atoms with Crippen LogP contribution in [0.25, 0.3) is 0 Å². The van der Waals surface area contributed by atoms with E-state index in [1.165, 1.54) is 31.0 Å². The van der Waals surface area contributed by atoms with Gasteiger partial charge in [0.2, 0.25) is 5.91 Å². The monoisotopic (exact) mass is 396 g/mol. The first-order valence-electron chi connectivity index (χ1n) is 7.79. The van der Waals surface area contributed by atoms with Crippen LogP contribution in [0.15, 0.2) is 42.5 Å². The van der Waals surface area contributed by atoms with Crippen molar-refractivity contribution in [2.45, 2.75) is 12.4 Å². The quantitative estimate of drug-likeness (QED) is 0.679. The Hall–Kier alpha value is -2.81. The predicted molar refractivity (Wildman–Crippen MR) is 99.4 cm³/mol. The van der Waals surface area contributed by atoms with Crippen LogP contribution in [0.5, 0.6) is 11.5 Å². The molecular weight excluding hydrogens is 378 g/mol. The lowest BCUT2D eigenvalue weighted by molar-refractivity contribution is -0.113. The lowest BCUT2D eigenvalue weighted by Gasteiger charge is -2.11. The van der Waals surface area contributed by atoms with Gasteiger partial charge in [0, 0.05) is 5.75 Å². The zero-order valence-corrected chi connectivity index (χ0v) is 15.2. The molecular formula is C18H18F2N2O4S. The number of halogens is 2. The standard InChI is InChI=1S/C18H18F2N2O4S/c1-25-15-8-11(6-7-14(15)26-18(19)20)9-27-10-16(23)22-13-5-3-2-4-12(13)17(21)24/h2-8,18H,9-10H2,1H3,(H2,21,24)(H,22,23). The molecule has 0 aliphatic rings. The Morgan fingerprint density at radius 2 is 1.93 bits per heavy atom. The SMILES string of the molecule is COc1cc(CSCC(=O)Nc2ccccc2C(N)=O)ccc1OC(F)F. The second-order valence-electron chi connectivity index (χ2n) is 5.31. The molecule has 2 rings (SSSR count). The van der Waals surface area contributed by atoms with E-state index in [1.807, 2.05) is 0 Å². The summed E-state index contributed by atoms with van der Waals surface area (Å²) in [6.07, 6.45) is 0. The highest BCUT2D eigenvalue weighted by atomic mass is 32.2. The van der Waals surface area contributed by atoms with E-state index in [4.69, 9.17) is 10.5 Å². The van der Waals surface area contributed by atoms with Crippen molar-refractivity contribution in [1.29, 1.82) is 0 Å². The van der Waals surface area contributed by atoms with Crippen LogP contribution < -0.4 is 20.5 Å². The number of amides is 2. The van der Waals surface area contributed by atoms with Gasteiger partial charge in [0.15, 0.2) is 11.5 Å². The molecule has 0 bridgehead atoms. The van der Waals surface area contributed by atoms with Crippen molar-refractivity contribution >= 4 is 29.3 Å². The Balaban J connectivity index is 1.91. The average Bonchev–Trinajstić information content (AvgIpc) is 2.62. The molecule has 0 atom stereocenters. The van der Waals surface area contributed by atoms with Gasteiger partial charge in [0.1, 0.15) is 0 Å². The molecule has 2 aromatic carbocycles. The highest BCUT2D eigenvalue weighted by Crippen LogP contribution is 2.30. The van der Waals surface area contributed by atoms with Crippen molar-refractivity contribution in [1.82, 2.24) is 0 Å². The summed E-state index contributed by atoms with van der Waals surface area (Å²) in [6.45, 7) is -2.94. The number of methoxy groups -OCH3 is 1. The van der Waals surface area contributed by atoms with Gasteiger partial charge in [-0.3, -0.25) is 9.59 Å². The van der Waals surface area contributed by atoms with E-state index in [-0.39, 0.29) is 28.7 Å². The zero-order chi connectivity index (χ0) is 19.8. The summed E-state index contributed by atoms with van der Waals surface area (Å²) in [5, 5.41) is 2.64. The normalized spacial score (nSPS) is 10.5. The molecule has 0 spiro atoms. The lowest BCUT2D eigenvalue weighted by Crippen LogP contribution is -2.19. The van der Waals surface area contributed by atoms with Gasteiger partial charge in [0.25, 0.3) is 5.91 Å². The Morgan fingerprint density at radius 1 is 1.19 bits per heavy atom. The first kappa shape index (κ1) is 20.5. The summed E-state index contributed by atoms with van der Waals surface area (Å²) >= 11 is 1.31. The second-order valence-corrected chi connectivity index (χ2v) is 6.30. The van der Waals surface area contributed by atoms with E-state index in [1.54, 1.807) is 30.3 Å². The molecule has 0 fully saturated rings. The molecule has 0 saturated carbocycles. The molecule has 0 aliphatic heterocycles. The van der Waals surface area contributed by atoms with Gasteiger partial charge in [-0.05, 0) is 29.8 Å². The third-order valence-electron chi connectivity index (χ3n) is 3.41. The summed E-state index contributed by atoms with van der Waals surface area (Å²) in [5.41, 5.74) is 6.64. The van der Waals surface area contributed by atoms with E-state index in [9.17, 15) is 18.4 Å². The first-order chi connectivity index (χ1) is 12.9. The predicted octanol–water partition coefficient (Wildman–Crippen LogP) is 3.27. The van der Waals surface area contributed by atoms with Gasteiger partial charge < -0.3 is 20.5 Å². The maximum atomic E-state index is 12.3. The van der Waals surface area contributed by atoms with E-state index in [0.29, 0.717) is 11.4 Å². The van der Waals surface area contributed by atoms with Gasteiger partial charge in [0.05, 0.1) is 24.1 Å². The molecule has 144 valence electrons. The number of rotatable bonds is 9. The first-order valence-corrected chi connectivity index (χ1v) is 8.94. The number of ether oxygens (including phenoxy) is 2. The maximum absolute atomic E-state index is 12.3. The summed E-state index contributed by atoms with van der Waals surface area (Å²) < 4.78 is 34.1. The van der Waals surface area contributed by atoms with Crippen LogP contribution >= 0.6 is 11.8 Å². The van der Waals surface area contributed by atoms with Crippen LogP contribution in [-0.2, 0) is 10.5 Å². The van der Waals surface area contributed by atoms with Crippen molar-refractivity contribution in [3.8, 4) is 11.5 Å². The van der Waals surface area contributed by atoms with Crippen molar-refractivity contribution in [2.75, 3.05) is 18.2 Å². The molecule has 2 amide bonds. The number of primary amides is 1. The zero-order valence-electron chi connectivity index (χ0n) is 14.4. The van der Waals surface area contributed by atoms with Gasteiger partial charge >= 0.3 is 6.61 Å². The smallest absolute Gasteiger partial charge is 0.387 e. The van der Waals surface area contributed by atoms with Crippen LogP contribution in [0.4, 0.5) is 14.5 Å². The lowest BCUT2D eigenvalue weighted by atomic mass is 10.1. The fourth-order valence-corrected chi connectivity index (χ4v) is 3.02. The molecule has 0 aliphatic carbocycles. The minimum absolute atomic E-state index is 0.0537. The molecule has 2 aromatic rings. The highest BCUT2D eigenvalue weighted by molar-refractivity contribution is 7.99. The molecule has 0 radical (unpaired) electrons. The topological polar surface area (TPSA) is 90.6 Å². The Bertz CT molecular complexity index is 818. The third kappa shape index (κ3) is 6.14. The average molecular weight is 396 g/mol. The van der Waals surface area contributed by atoms with Crippen LogP contribution in [-0.4, -0.2) is 31.3 Å². The van der Waals surface area contributed by atoms with Gasteiger partial charge in [-0.2, -0.15) is 8.78 Å². The molecule has 0 aromatic heterocycles. The number of anilines is 1. The minimum atomic E-state index is -2.94. The van der Waals surface area contributed by atoms with E-state index in [2.05, 4.69) is 10.1 Å². The highest BCUT2D eigenvalue weighted by Gasteiger charge is 2.12. The number of hydrogen-bond acceptors (Lipinski definition) is 5. The van der Waals surface area contributed by atoms with Gasteiger partial charge in [-0.25, -0.2) is 0 Å². The Labute approximate surface area is 159 Å². The molecule has 3 N–H and O–H groups in total. The van der Waals surface area contributed by atoms with Crippen LogP contribution in [0.2, 0.25) is 0 Å². The van der Waals surface area contributed by atoms with Crippen LogP contribution in [0.1, 0.15) is 15.9 Å². The number of para-hydroxylation sites is 1. The van der Waals surface area contributed by atoms with Gasteiger partial charge in [-0.1, -0.05) is 18.2 Å². The summed E-state index contributed by atoms with van der Waals surface area (Å²) in [7, 11) is 1.36. The van der Waals surface area contributed by atoms with Gasteiger partial charge in [-0.15, -0.1) is 11.8 Å². The Kier molecular flexibility index (Phi) is 7.42. The number of thioether (sulfide) groups is 1. The molecule has 0 unspecified atom stereocenters. The number of carbonyl (C=O) groups excluding carboxylic acids is 2. The summed E-state index contributed by atoms with van der Waals surface area (Å²) in [5.74, 6) is -0.202. The molecule has 9 heteroatoms. The molecule has 6 nitrogen and oxygen atoms in total. The number of carbonyl (C=O) groups is 2. The van der Waals surface area contributed by atoms with Crippen molar-refractivity contribution < 1.29 is 27.8 Å². The third-order valence-corrected chi connectivity index (χ3v) is 4.42. The van der Waals surface area contributed by atoms with Crippen molar-refractivity contribution in [3.05, 3.63) is 53.6 Å². The van der Waals surface area contributed by atoms with Crippen LogP contribution in [0.3, 0.4) is 0 Å². The fourth-order valence-electron chi connectivity index (χ4n) is 2.25. The van der Waals surface area contributed by atoms with E-state index in [0.717, 1.165) is 5.56 Å². The summed E-state index contributed by atoms with van der Waals surface area (Å²) in [6, 6.07) is 11.0. The molecule has 0 heterocycles. The van der Waals surface area contributed by atoms with E-state index < -0.39 is 12.5 Å². The minimum Gasteiger partial charge on any atom is -0.493 e. The Morgan fingerprint density at radius 3 is 2.59 bits per heavy atom. The summed E-state index contributed by atoms with van der Waals surface area (Å²) in [4.78, 5) is 23.4. The number of alkyl halides is 2. The fraction of sp³-hybridized carbons (Fsp3) is 0.222. The second kappa shape index (κ2) is 9.77. The molecule has 27 heavy (non-hydrogen) atoms.